The highest BCUT2D eigenvalue weighted by atomic mass is 79.9. The molecule has 2 aliphatic heterocycles. The molecule has 2 aliphatic rings. The average molecular weight is 533 g/mol. The van der Waals surface area contributed by atoms with Crippen LogP contribution >= 0.6 is 15.9 Å². The Kier molecular flexibility index (Phi) is 5.93. The van der Waals surface area contributed by atoms with E-state index in [1.165, 1.54) is 0 Å². The van der Waals surface area contributed by atoms with Gasteiger partial charge in [-0.15, -0.1) is 0 Å². The fourth-order valence-electron chi connectivity index (χ4n) is 4.19. The molecule has 0 radical (unpaired) electrons. The molecule has 0 fully saturated rings. The van der Waals surface area contributed by atoms with Crippen LogP contribution in [0.4, 0.5) is 19.0 Å². The van der Waals surface area contributed by atoms with Gasteiger partial charge in [-0.25, -0.2) is 0 Å². The van der Waals surface area contributed by atoms with Crippen molar-refractivity contribution in [1.82, 2.24) is 14.9 Å². The summed E-state index contributed by atoms with van der Waals surface area (Å²) in [6, 6.07) is 12.5. The quantitative estimate of drug-likeness (QED) is 0.482. The Bertz CT molecular complexity index is 1240. The molecule has 3 aromatic rings. The molecule has 0 spiro atoms. The van der Waals surface area contributed by atoms with Gasteiger partial charge >= 0.3 is 6.18 Å². The molecule has 34 heavy (non-hydrogen) atoms. The van der Waals surface area contributed by atoms with Gasteiger partial charge in [0.1, 0.15) is 18.0 Å². The Morgan fingerprint density at radius 2 is 1.91 bits per heavy atom. The molecule has 0 saturated carbocycles. The van der Waals surface area contributed by atoms with Gasteiger partial charge in [0.05, 0.1) is 16.6 Å². The number of hydrogen-bond donors (Lipinski definition) is 0. The first kappa shape index (κ1) is 22.6. The second-order valence-electron chi connectivity index (χ2n) is 8.21. The number of carbonyl (C=O) groups excluding carboxylic acids is 1. The molecule has 4 heterocycles. The molecular formula is C24H20BrF3N4O2. The number of hydrogen-bond acceptors (Lipinski definition) is 5. The maximum absolute atomic E-state index is 13.2. The number of halogens is 4. The van der Waals surface area contributed by atoms with E-state index in [1.54, 1.807) is 11.0 Å². The van der Waals surface area contributed by atoms with E-state index in [2.05, 4.69) is 25.9 Å². The Morgan fingerprint density at radius 3 is 2.68 bits per heavy atom. The maximum atomic E-state index is 13.2. The Morgan fingerprint density at radius 1 is 1.12 bits per heavy atom. The Hall–Kier alpha value is -3.14. The van der Waals surface area contributed by atoms with Gasteiger partial charge in [-0.2, -0.15) is 18.2 Å². The summed E-state index contributed by atoms with van der Waals surface area (Å²) in [4.78, 5) is 25.4. The van der Waals surface area contributed by atoms with Crippen LogP contribution in [0, 0.1) is 0 Å². The van der Waals surface area contributed by atoms with Crippen molar-refractivity contribution in [3.63, 3.8) is 0 Å². The van der Waals surface area contributed by atoms with Crippen LogP contribution in [0.3, 0.4) is 0 Å². The van der Waals surface area contributed by atoms with E-state index < -0.39 is 11.7 Å². The fourth-order valence-corrected chi connectivity index (χ4v) is 4.76. The number of fused-ring (bicyclic) bond motifs is 2. The fraction of sp³-hybridized carbons (Fsp3) is 0.292. The molecule has 0 unspecified atom stereocenters. The number of ether oxygens (including phenoxy) is 1. The first-order valence-corrected chi connectivity index (χ1v) is 11.6. The van der Waals surface area contributed by atoms with Crippen LogP contribution < -0.4 is 9.64 Å². The van der Waals surface area contributed by atoms with Crippen molar-refractivity contribution in [1.29, 1.82) is 0 Å². The minimum absolute atomic E-state index is 0.181. The third-order valence-electron chi connectivity index (χ3n) is 5.92. The molecule has 1 aromatic carbocycles. The summed E-state index contributed by atoms with van der Waals surface area (Å²) in [5, 5.41) is 0. The summed E-state index contributed by atoms with van der Waals surface area (Å²) in [6.07, 6.45) is -3.08. The summed E-state index contributed by atoms with van der Waals surface area (Å²) in [6.45, 7) is 1.93. The van der Waals surface area contributed by atoms with Crippen molar-refractivity contribution in [2.45, 2.75) is 25.7 Å². The SMILES string of the molecule is O=C1c2cc(Br)c(N3CCc4ncc(C(F)(F)F)cc4C3)nc2OCCN1Cc1ccccc1. The third kappa shape index (κ3) is 4.46. The molecule has 0 atom stereocenters. The number of amides is 1. The Labute approximate surface area is 202 Å². The summed E-state index contributed by atoms with van der Waals surface area (Å²) in [7, 11) is 0. The van der Waals surface area contributed by atoms with Crippen LogP contribution in [-0.4, -0.2) is 40.5 Å². The lowest BCUT2D eigenvalue weighted by atomic mass is 10.0. The monoisotopic (exact) mass is 532 g/mol. The first-order valence-electron chi connectivity index (χ1n) is 10.8. The zero-order valence-electron chi connectivity index (χ0n) is 18.0. The lowest BCUT2D eigenvalue weighted by molar-refractivity contribution is -0.137. The molecule has 1 amide bonds. The number of carbonyl (C=O) groups is 1. The number of aromatic nitrogens is 2. The lowest BCUT2D eigenvalue weighted by Gasteiger charge is -2.30. The minimum atomic E-state index is -4.45. The van der Waals surface area contributed by atoms with Crippen molar-refractivity contribution >= 4 is 27.7 Å². The molecule has 6 nitrogen and oxygen atoms in total. The van der Waals surface area contributed by atoms with E-state index >= 15 is 0 Å². The van der Waals surface area contributed by atoms with Crippen LogP contribution in [0.5, 0.6) is 5.88 Å². The van der Waals surface area contributed by atoms with Crippen LogP contribution in [-0.2, 0) is 25.7 Å². The van der Waals surface area contributed by atoms with Crippen molar-refractivity contribution in [2.75, 3.05) is 24.6 Å². The normalized spacial score (nSPS) is 15.9. The number of rotatable bonds is 3. The second kappa shape index (κ2) is 8.90. The zero-order valence-corrected chi connectivity index (χ0v) is 19.6. The number of nitrogens with zero attached hydrogens (tertiary/aromatic N) is 4. The van der Waals surface area contributed by atoms with Gasteiger partial charge in [0.15, 0.2) is 0 Å². The van der Waals surface area contributed by atoms with E-state index in [0.717, 1.165) is 17.8 Å². The number of anilines is 1. The largest absolute Gasteiger partial charge is 0.475 e. The number of benzene rings is 1. The summed E-state index contributed by atoms with van der Waals surface area (Å²) >= 11 is 3.51. The van der Waals surface area contributed by atoms with Crippen molar-refractivity contribution in [2.24, 2.45) is 0 Å². The molecule has 5 rings (SSSR count). The molecule has 10 heteroatoms. The lowest BCUT2D eigenvalue weighted by Crippen LogP contribution is -2.33. The van der Waals surface area contributed by atoms with Gasteiger partial charge in [0, 0.05) is 37.9 Å². The van der Waals surface area contributed by atoms with E-state index in [9.17, 15) is 18.0 Å². The van der Waals surface area contributed by atoms with Crippen LogP contribution in [0.15, 0.2) is 53.1 Å². The highest BCUT2D eigenvalue weighted by molar-refractivity contribution is 9.10. The van der Waals surface area contributed by atoms with E-state index in [1.807, 2.05) is 35.2 Å². The highest BCUT2D eigenvalue weighted by Crippen LogP contribution is 2.36. The van der Waals surface area contributed by atoms with Gasteiger partial charge in [0.2, 0.25) is 5.88 Å². The van der Waals surface area contributed by atoms with Crippen LogP contribution in [0.1, 0.15) is 32.7 Å². The van der Waals surface area contributed by atoms with E-state index in [-0.39, 0.29) is 18.3 Å². The number of alkyl halides is 3. The van der Waals surface area contributed by atoms with Gasteiger partial charge in [-0.1, -0.05) is 30.3 Å². The topological polar surface area (TPSA) is 58.6 Å². The average Bonchev–Trinajstić information content (AvgIpc) is 2.96. The van der Waals surface area contributed by atoms with Gasteiger partial charge in [-0.3, -0.25) is 9.78 Å². The predicted molar refractivity (Wildman–Crippen MR) is 123 cm³/mol. The van der Waals surface area contributed by atoms with Gasteiger partial charge in [-0.05, 0) is 39.2 Å². The second-order valence-corrected chi connectivity index (χ2v) is 9.06. The highest BCUT2D eigenvalue weighted by Gasteiger charge is 2.33. The van der Waals surface area contributed by atoms with Crippen molar-refractivity contribution in [3.8, 4) is 5.88 Å². The zero-order chi connectivity index (χ0) is 23.9. The molecule has 0 bridgehead atoms. The molecule has 176 valence electrons. The van der Waals surface area contributed by atoms with Crippen molar-refractivity contribution < 1.29 is 22.7 Å². The summed E-state index contributed by atoms with van der Waals surface area (Å²) < 4.78 is 45.8. The number of pyridine rings is 2. The minimum Gasteiger partial charge on any atom is -0.475 e. The van der Waals surface area contributed by atoms with E-state index in [4.69, 9.17) is 4.74 Å². The van der Waals surface area contributed by atoms with E-state index in [0.29, 0.717) is 59.8 Å². The Balaban J connectivity index is 1.41. The van der Waals surface area contributed by atoms with Crippen LogP contribution in [0.2, 0.25) is 0 Å². The van der Waals surface area contributed by atoms with Gasteiger partial charge in [0.25, 0.3) is 5.91 Å². The smallest absolute Gasteiger partial charge is 0.417 e. The molecule has 2 aromatic heterocycles. The van der Waals surface area contributed by atoms with Gasteiger partial charge < -0.3 is 14.5 Å². The predicted octanol–water partition coefficient (Wildman–Crippen LogP) is 4.86. The summed E-state index contributed by atoms with van der Waals surface area (Å²) in [5.74, 6) is 0.567. The molecule has 0 N–H and O–H groups in total. The molecule has 0 saturated heterocycles. The third-order valence-corrected chi connectivity index (χ3v) is 6.51. The molecular weight excluding hydrogens is 513 g/mol. The van der Waals surface area contributed by atoms with Crippen LogP contribution in [0.25, 0.3) is 0 Å². The molecule has 0 aliphatic carbocycles. The van der Waals surface area contributed by atoms with Crippen molar-refractivity contribution in [3.05, 3.63) is 81.1 Å². The summed E-state index contributed by atoms with van der Waals surface area (Å²) in [5.41, 5.74) is 1.76. The standard InChI is InChI=1S/C24H20BrF3N4O2/c25-19-11-18-22(34-9-8-32(23(18)33)13-15-4-2-1-3-5-15)30-21(19)31-7-6-20-16(14-31)10-17(12-29-20)24(26,27)28/h1-5,10-12H,6-9,13-14H2. The maximum Gasteiger partial charge on any atom is 0.417 e. The first-order chi connectivity index (χ1) is 16.3.